The van der Waals surface area contributed by atoms with Crippen molar-refractivity contribution in [2.24, 2.45) is 0 Å². The number of halogens is 6. The van der Waals surface area contributed by atoms with Gasteiger partial charge in [0.15, 0.2) is 24.6 Å². The lowest BCUT2D eigenvalue weighted by atomic mass is 10.0. The predicted octanol–water partition coefficient (Wildman–Crippen LogP) is 0.869. The maximum absolute atomic E-state index is 12.4. The van der Waals surface area contributed by atoms with E-state index in [0.717, 1.165) is 14.0 Å². The van der Waals surface area contributed by atoms with Crippen molar-refractivity contribution in [1.29, 1.82) is 0 Å². The molecule has 0 bridgehead atoms. The first-order chi connectivity index (χ1) is 11.8. The molecule has 0 saturated carbocycles. The van der Waals surface area contributed by atoms with Crippen LogP contribution in [0.2, 0.25) is 0 Å². The molecule has 0 unspecified atom stereocenters. The van der Waals surface area contributed by atoms with E-state index < -0.39 is 61.5 Å². The molecule has 0 radical (unpaired) electrons. The second-order valence-electron chi connectivity index (χ2n) is 4.82. The lowest BCUT2D eigenvalue weighted by Crippen LogP contribution is -2.59. The highest BCUT2D eigenvalue weighted by Gasteiger charge is 2.53. The van der Waals surface area contributed by atoms with Crippen LogP contribution in [0.15, 0.2) is 0 Å². The Morgan fingerprint density at radius 1 is 0.885 bits per heavy atom. The Morgan fingerprint density at radius 2 is 1.38 bits per heavy atom. The summed E-state index contributed by atoms with van der Waals surface area (Å²) in [4.78, 5) is 33.1. The molecule has 14 heteroatoms. The molecule has 0 aliphatic carbocycles. The smallest absolute Gasteiger partial charge is 0.453 e. The molecule has 0 N–H and O–H groups in total. The summed E-state index contributed by atoms with van der Waals surface area (Å²) in [6, 6.07) is 0. The van der Waals surface area contributed by atoms with Gasteiger partial charge in [-0.25, -0.2) is 9.59 Å². The molecule has 1 heterocycles. The van der Waals surface area contributed by atoms with Crippen LogP contribution in [0.1, 0.15) is 6.92 Å². The fourth-order valence-electron chi connectivity index (χ4n) is 1.90. The van der Waals surface area contributed by atoms with E-state index in [4.69, 9.17) is 4.74 Å². The third-order valence-electron chi connectivity index (χ3n) is 2.88. The Labute approximate surface area is 141 Å². The van der Waals surface area contributed by atoms with Crippen molar-refractivity contribution >= 4 is 17.9 Å². The zero-order valence-electron chi connectivity index (χ0n) is 13.1. The summed E-state index contributed by atoms with van der Waals surface area (Å²) in [5, 5.41) is 0. The lowest BCUT2D eigenvalue weighted by molar-refractivity contribution is -0.287. The number of hydrogen-bond donors (Lipinski definition) is 0. The number of carbonyl (C=O) groups is 3. The van der Waals surface area contributed by atoms with Crippen molar-refractivity contribution in [3.8, 4) is 0 Å². The van der Waals surface area contributed by atoms with E-state index in [1.165, 1.54) is 0 Å². The molecule has 8 nitrogen and oxygen atoms in total. The Hall–Kier alpha value is -2.09. The second kappa shape index (κ2) is 8.07. The highest BCUT2D eigenvalue weighted by molar-refractivity contribution is 5.77. The first kappa shape index (κ1) is 22.0. The zero-order chi connectivity index (χ0) is 20.3. The van der Waals surface area contributed by atoms with Gasteiger partial charge in [0.25, 0.3) is 0 Å². The molecule has 1 saturated heterocycles. The summed E-state index contributed by atoms with van der Waals surface area (Å²) in [6.45, 7) is -0.103. The predicted molar refractivity (Wildman–Crippen MR) is 64.2 cm³/mol. The number of carbonyl (C=O) groups excluding carboxylic acids is 3. The van der Waals surface area contributed by atoms with E-state index in [1.54, 1.807) is 0 Å². The van der Waals surface area contributed by atoms with Crippen LogP contribution in [-0.4, -0.2) is 68.6 Å². The summed E-state index contributed by atoms with van der Waals surface area (Å²) >= 11 is 0. The minimum absolute atomic E-state index is 0.820. The average molecular weight is 398 g/mol. The van der Waals surface area contributed by atoms with Crippen molar-refractivity contribution in [1.82, 2.24) is 0 Å². The zero-order valence-corrected chi connectivity index (χ0v) is 13.1. The van der Waals surface area contributed by atoms with Crippen LogP contribution in [0.4, 0.5) is 26.3 Å². The van der Waals surface area contributed by atoms with Crippen LogP contribution in [-0.2, 0) is 38.1 Å². The van der Waals surface area contributed by atoms with E-state index in [-0.39, 0.29) is 0 Å². The fraction of sp³-hybridized carbons (Fsp3) is 0.750. The van der Waals surface area contributed by atoms with Gasteiger partial charge < -0.3 is 23.7 Å². The summed E-state index contributed by atoms with van der Waals surface area (Å²) in [6.07, 6.45) is -18.9. The first-order valence-electron chi connectivity index (χ1n) is 6.64. The molecule has 4 atom stereocenters. The molecule has 1 aliphatic heterocycles. The summed E-state index contributed by atoms with van der Waals surface area (Å²) in [5.41, 5.74) is 0. The van der Waals surface area contributed by atoms with Gasteiger partial charge in [-0.1, -0.05) is 0 Å². The van der Waals surface area contributed by atoms with Gasteiger partial charge in [0.05, 0.1) is 6.61 Å². The van der Waals surface area contributed by atoms with Gasteiger partial charge in [-0.2, -0.15) is 26.3 Å². The van der Waals surface area contributed by atoms with Crippen LogP contribution in [0, 0.1) is 0 Å². The molecular weight excluding hydrogens is 386 g/mol. The topological polar surface area (TPSA) is 97.4 Å². The van der Waals surface area contributed by atoms with Gasteiger partial charge in [-0.05, 0) is 0 Å². The van der Waals surface area contributed by atoms with Crippen molar-refractivity contribution < 1.29 is 64.4 Å². The Bertz CT molecular complexity index is 545. The van der Waals surface area contributed by atoms with Gasteiger partial charge in [0.2, 0.25) is 0 Å². The molecule has 150 valence electrons. The molecule has 0 aromatic rings. The van der Waals surface area contributed by atoms with E-state index in [1.807, 2.05) is 0 Å². The van der Waals surface area contributed by atoms with E-state index in [9.17, 15) is 40.7 Å². The van der Waals surface area contributed by atoms with Gasteiger partial charge in [0, 0.05) is 14.0 Å². The largest absolute Gasteiger partial charge is 0.490 e. The molecule has 1 aliphatic rings. The number of esters is 3. The van der Waals surface area contributed by atoms with Crippen LogP contribution in [0.3, 0.4) is 0 Å². The Balaban J connectivity index is 3.14. The summed E-state index contributed by atoms with van der Waals surface area (Å²) in [5.74, 6) is -6.67. The molecule has 0 aromatic carbocycles. The number of ether oxygens (including phenoxy) is 5. The minimum atomic E-state index is -5.51. The highest BCUT2D eigenvalue weighted by atomic mass is 19.4. The molecule has 1 fully saturated rings. The molecular formula is C12H12F6O8. The normalized spacial score (nSPS) is 26.8. The molecule has 0 amide bonds. The van der Waals surface area contributed by atoms with E-state index >= 15 is 0 Å². The fourth-order valence-corrected chi connectivity index (χ4v) is 1.90. The highest BCUT2D eigenvalue weighted by Crippen LogP contribution is 2.29. The van der Waals surface area contributed by atoms with E-state index in [2.05, 4.69) is 18.9 Å². The molecule has 26 heavy (non-hydrogen) atoms. The van der Waals surface area contributed by atoms with Gasteiger partial charge in [0.1, 0.15) is 0 Å². The van der Waals surface area contributed by atoms with Gasteiger partial charge >= 0.3 is 30.3 Å². The third kappa shape index (κ3) is 5.72. The number of alkyl halides is 6. The average Bonchev–Trinajstić information content (AvgIpc) is 2.47. The maximum Gasteiger partial charge on any atom is 0.490 e. The second-order valence-corrected chi connectivity index (χ2v) is 4.82. The summed E-state index contributed by atoms with van der Waals surface area (Å²) < 4.78 is 96.5. The number of hydrogen-bond acceptors (Lipinski definition) is 8. The Morgan fingerprint density at radius 3 is 1.81 bits per heavy atom. The quantitative estimate of drug-likeness (QED) is 0.391. The number of rotatable bonds is 4. The molecule has 0 spiro atoms. The lowest BCUT2D eigenvalue weighted by Gasteiger charge is -2.39. The van der Waals surface area contributed by atoms with Crippen molar-refractivity contribution in [2.45, 2.75) is 43.9 Å². The third-order valence-corrected chi connectivity index (χ3v) is 2.88. The standard InChI is InChI=1S/C12H12F6O8/c1-4(19)24-7-6(26-10(21)12(16,17)18)5(3-23-8(7)22-2)25-9(20)11(13,14)15/h5-8H,3H2,1-2H3/t5-,6+,7-,8-/m1/s1. The minimum Gasteiger partial charge on any atom is -0.453 e. The van der Waals surface area contributed by atoms with E-state index in [0.29, 0.717) is 0 Å². The molecule has 1 rings (SSSR count). The number of methoxy groups -OCH3 is 1. The van der Waals surface area contributed by atoms with Crippen LogP contribution >= 0.6 is 0 Å². The van der Waals surface area contributed by atoms with Crippen LogP contribution in [0.5, 0.6) is 0 Å². The van der Waals surface area contributed by atoms with Crippen molar-refractivity contribution in [3.63, 3.8) is 0 Å². The SMILES string of the molecule is CO[C@@H]1OC[C@@H](OC(=O)C(F)(F)F)[C@H](OC(=O)C(F)(F)F)[C@H]1OC(C)=O. The van der Waals surface area contributed by atoms with Crippen molar-refractivity contribution in [2.75, 3.05) is 13.7 Å². The van der Waals surface area contributed by atoms with Gasteiger partial charge in [-0.3, -0.25) is 4.79 Å². The maximum atomic E-state index is 12.4. The molecule has 0 aromatic heterocycles. The summed E-state index contributed by atoms with van der Waals surface area (Å²) in [7, 11) is 0.978. The Kier molecular flexibility index (Phi) is 6.82. The van der Waals surface area contributed by atoms with Crippen LogP contribution in [0.25, 0.3) is 0 Å². The van der Waals surface area contributed by atoms with Crippen LogP contribution < -0.4 is 0 Å². The monoisotopic (exact) mass is 398 g/mol. The first-order valence-corrected chi connectivity index (χ1v) is 6.64. The van der Waals surface area contributed by atoms with Gasteiger partial charge in [-0.15, -0.1) is 0 Å². The van der Waals surface area contributed by atoms with Crippen molar-refractivity contribution in [3.05, 3.63) is 0 Å².